The highest BCUT2D eigenvalue weighted by Crippen LogP contribution is 2.19. The SMILES string of the molecule is COc1cccc(CCCNC(=O)c2ccccc2OC(C)C)c1. The minimum Gasteiger partial charge on any atom is -0.497 e. The number of aryl methyl sites for hydroxylation is 1. The lowest BCUT2D eigenvalue weighted by Gasteiger charge is -2.14. The van der Waals surface area contributed by atoms with Crippen LogP contribution in [0.2, 0.25) is 0 Å². The summed E-state index contributed by atoms with van der Waals surface area (Å²) in [5, 5.41) is 2.96. The van der Waals surface area contributed by atoms with E-state index in [9.17, 15) is 4.79 Å². The zero-order valence-electron chi connectivity index (χ0n) is 14.5. The monoisotopic (exact) mass is 327 g/mol. The number of carbonyl (C=O) groups is 1. The van der Waals surface area contributed by atoms with Gasteiger partial charge in [-0.05, 0) is 56.5 Å². The van der Waals surface area contributed by atoms with Gasteiger partial charge in [0.05, 0.1) is 18.8 Å². The molecule has 2 rings (SSSR count). The second-order valence-corrected chi connectivity index (χ2v) is 5.87. The number of methoxy groups -OCH3 is 1. The van der Waals surface area contributed by atoms with Crippen LogP contribution in [-0.2, 0) is 6.42 Å². The highest BCUT2D eigenvalue weighted by atomic mass is 16.5. The van der Waals surface area contributed by atoms with Crippen LogP contribution in [0, 0.1) is 0 Å². The van der Waals surface area contributed by atoms with Gasteiger partial charge in [-0.2, -0.15) is 0 Å². The second kappa shape index (κ2) is 8.96. The molecule has 0 bridgehead atoms. The molecule has 0 atom stereocenters. The number of carbonyl (C=O) groups excluding carboxylic acids is 1. The summed E-state index contributed by atoms with van der Waals surface area (Å²) in [7, 11) is 1.66. The maximum atomic E-state index is 12.3. The van der Waals surface area contributed by atoms with Crippen molar-refractivity contribution in [1.82, 2.24) is 5.32 Å². The Labute approximate surface area is 143 Å². The van der Waals surface area contributed by atoms with Crippen molar-refractivity contribution in [3.8, 4) is 11.5 Å². The molecule has 0 radical (unpaired) electrons. The molecule has 0 saturated heterocycles. The van der Waals surface area contributed by atoms with Crippen LogP contribution in [0.15, 0.2) is 48.5 Å². The van der Waals surface area contributed by atoms with E-state index in [1.54, 1.807) is 13.2 Å². The Morgan fingerprint density at radius 1 is 1.12 bits per heavy atom. The summed E-state index contributed by atoms with van der Waals surface area (Å²) < 4.78 is 10.9. The van der Waals surface area contributed by atoms with Gasteiger partial charge in [0.2, 0.25) is 0 Å². The van der Waals surface area contributed by atoms with E-state index in [1.165, 1.54) is 5.56 Å². The lowest BCUT2D eigenvalue weighted by molar-refractivity contribution is 0.0947. The molecule has 0 fully saturated rings. The van der Waals surface area contributed by atoms with Crippen LogP contribution in [0.25, 0.3) is 0 Å². The Bertz CT molecular complexity index is 667. The number of hydrogen-bond donors (Lipinski definition) is 1. The molecule has 0 heterocycles. The molecule has 0 aliphatic heterocycles. The average molecular weight is 327 g/mol. The van der Waals surface area contributed by atoms with Crippen molar-refractivity contribution in [2.45, 2.75) is 32.8 Å². The summed E-state index contributed by atoms with van der Waals surface area (Å²) in [4.78, 5) is 12.3. The third kappa shape index (κ3) is 5.30. The number of para-hydroxylation sites is 1. The van der Waals surface area contributed by atoms with E-state index < -0.39 is 0 Å². The Balaban J connectivity index is 1.85. The third-order valence-corrected chi connectivity index (χ3v) is 3.56. The Morgan fingerprint density at radius 2 is 1.92 bits per heavy atom. The van der Waals surface area contributed by atoms with Crippen molar-refractivity contribution >= 4 is 5.91 Å². The van der Waals surface area contributed by atoms with Crippen LogP contribution >= 0.6 is 0 Å². The van der Waals surface area contributed by atoms with Gasteiger partial charge < -0.3 is 14.8 Å². The molecule has 0 spiro atoms. The molecule has 0 unspecified atom stereocenters. The molecule has 1 amide bonds. The lowest BCUT2D eigenvalue weighted by atomic mass is 10.1. The van der Waals surface area contributed by atoms with E-state index in [0.717, 1.165) is 18.6 Å². The van der Waals surface area contributed by atoms with Crippen LogP contribution in [0.3, 0.4) is 0 Å². The Morgan fingerprint density at radius 3 is 2.67 bits per heavy atom. The van der Waals surface area contributed by atoms with E-state index in [1.807, 2.05) is 50.2 Å². The number of ether oxygens (including phenoxy) is 2. The van der Waals surface area contributed by atoms with E-state index in [0.29, 0.717) is 17.9 Å². The average Bonchev–Trinajstić information content (AvgIpc) is 2.58. The third-order valence-electron chi connectivity index (χ3n) is 3.56. The highest BCUT2D eigenvalue weighted by Gasteiger charge is 2.12. The first kappa shape index (κ1) is 17.9. The van der Waals surface area contributed by atoms with Crippen LogP contribution < -0.4 is 14.8 Å². The number of benzene rings is 2. The van der Waals surface area contributed by atoms with Crippen LogP contribution in [-0.4, -0.2) is 25.7 Å². The van der Waals surface area contributed by atoms with Crippen molar-refractivity contribution in [2.75, 3.05) is 13.7 Å². The van der Waals surface area contributed by atoms with Crippen molar-refractivity contribution in [1.29, 1.82) is 0 Å². The quantitative estimate of drug-likeness (QED) is 0.749. The van der Waals surface area contributed by atoms with Gasteiger partial charge >= 0.3 is 0 Å². The fourth-order valence-electron chi connectivity index (χ4n) is 2.43. The van der Waals surface area contributed by atoms with Gasteiger partial charge in [-0.3, -0.25) is 4.79 Å². The zero-order chi connectivity index (χ0) is 17.4. The van der Waals surface area contributed by atoms with E-state index in [2.05, 4.69) is 11.4 Å². The molecular weight excluding hydrogens is 302 g/mol. The van der Waals surface area contributed by atoms with E-state index >= 15 is 0 Å². The second-order valence-electron chi connectivity index (χ2n) is 5.87. The van der Waals surface area contributed by atoms with E-state index in [4.69, 9.17) is 9.47 Å². The summed E-state index contributed by atoms with van der Waals surface area (Å²) in [6, 6.07) is 15.3. The fourth-order valence-corrected chi connectivity index (χ4v) is 2.43. The summed E-state index contributed by atoms with van der Waals surface area (Å²) in [5.41, 5.74) is 1.78. The minimum atomic E-state index is -0.100. The van der Waals surface area contributed by atoms with Crippen molar-refractivity contribution in [3.05, 3.63) is 59.7 Å². The smallest absolute Gasteiger partial charge is 0.255 e. The van der Waals surface area contributed by atoms with Gasteiger partial charge in [0, 0.05) is 6.54 Å². The Kier molecular flexibility index (Phi) is 6.67. The van der Waals surface area contributed by atoms with Gasteiger partial charge in [-0.15, -0.1) is 0 Å². The minimum absolute atomic E-state index is 0.0343. The lowest BCUT2D eigenvalue weighted by Crippen LogP contribution is -2.25. The van der Waals surface area contributed by atoms with Gasteiger partial charge in [0.1, 0.15) is 11.5 Å². The van der Waals surface area contributed by atoms with Crippen LogP contribution in [0.4, 0.5) is 0 Å². The summed E-state index contributed by atoms with van der Waals surface area (Å²) >= 11 is 0. The molecule has 4 heteroatoms. The molecule has 0 aliphatic rings. The Hall–Kier alpha value is -2.49. The number of rotatable bonds is 8. The molecule has 2 aromatic carbocycles. The first-order valence-corrected chi connectivity index (χ1v) is 8.27. The van der Waals surface area contributed by atoms with Crippen molar-refractivity contribution < 1.29 is 14.3 Å². The standard InChI is InChI=1S/C20H25NO3/c1-15(2)24-19-12-5-4-11-18(19)20(22)21-13-7-9-16-8-6-10-17(14-16)23-3/h4-6,8,10-12,14-15H,7,9,13H2,1-3H3,(H,21,22). The summed E-state index contributed by atoms with van der Waals surface area (Å²) in [6.07, 6.45) is 1.79. The fraction of sp³-hybridized carbons (Fsp3) is 0.350. The van der Waals surface area contributed by atoms with Gasteiger partial charge in [0.25, 0.3) is 5.91 Å². The molecule has 0 aromatic heterocycles. The largest absolute Gasteiger partial charge is 0.497 e. The molecule has 0 aliphatic carbocycles. The highest BCUT2D eigenvalue weighted by molar-refractivity contribution is 5.96. The van der Waals surface area contributed by atoms with Gasteiger partial charge in [-0.1, -0.05) is 24.3 Å². The van der Waals surface area contributed by atoms with Crippen molar-refractivity contribution in [3.63, 3.8) is 0 Å². The number of amides is 1. The van der Waals surface area contributed by atoms with E-state index in [-0.39, 0.29) is 12.0 Å². The summed E-state index contributed by atoms with van der Waals surface area (Å²) in [6.45, 7) is 4.51. The van der Waals surface area contributed by atoms with Crippen LogP contribution in [0.5, 0.6) is 11.5 Å². The zero-order valence-corrected chi connectivity index (χ0v) is 14.5. The topological polar surface area (TPSA) is 47.6 Å². The molecule has 2 aromatic rings. The molecular formula is C20H25NO3. The maximum Gasteiger partial charge on any atom is 0.255 e. The molecule has 24 heavy (non-hydrogen) atoms. The summed E-state index contributed by atoms with van der Waals surface area (Å²) in [5.74, 6) is 1.38. The number of hydrogen-bond acceptors (Lipinski definition) is 3. The molecule has 1 N–H and O–H groups in total. The first-order chi connectivity index (χ1) is 11.6. The number of nitrogens with one attached hydrogen (secondary N) is 1. The van der Waals surface area contributed by atoms with Crippen molar-refractivity contribution in [2.24, 2.45) is 0 Å². The normalized spacial score (nSPS) is 10.5. The molecule has 0 saturated carbocycles. The maximum absolute atomic E-state index is 12.3. The first-order valence-electron chi connectivity index (χ1n) is 8.27. The van der Waals surface area contributed by atoms with Crippen LogP contribution in [0.1, 0.15) is 36.2 Å². The van der Waals surface area contributed by atoms with Gasteiger partial charge in [-0.25, -0.2) is 0 Å². The molecule has 128 valence electrons. The van der Waals surface area contributed by atoms with Gasteiger partial charge in [0.15, 0.2) is 0 Å². The predicted molar refractivity (Wildman–Crippen MR) is 95.9 cm³/mol. The predicted octanol–water partition coefficient (Wildman–Crippen LogP) is 3.85. The molecule has 4 nitrogen and oxygen atoms in total.